The van der Waals surface area contributed by atoms with Gasteiger partial charge in [-0.3, -0.25) is 13.9 Å². The third kappa shape index (κ3) is 6.72. The lowest BCUT2D eigenvalue weighted by atomic mass is 10.1. The molecule has 0 unspecified atom stereocenters. The van der Waals surface area contributed by atoms with E-state index in [1.54, 1.807) is 17.0 Å². The Hall–Kier alpha value is -3.39. The summed E-state index contributed by atoms with van der Waals surface area (Å²) in [6.07, 6.45) is 6.19. The number of nitrogens with zero attached hydrogens (tertiary/aromatic N) is 2. The van der Waals surface area contributed by atoms with Crippen molar-refractivity contribution in [2.75, 3.05) is 23.7 Å². The number of hydrogen-bond acceptors (Lipinski definition) is 4. The predicted molar refractivity (Wildman–Crippen MR) is 152 cm³/mol. The highest BCUT2D eigenvalue weighted by Crippen LogP contribution is 2.29. The molecule has 0 spiro atoms. The van der Waals surface area contributed by atoms with Crippen molar-refractivity contribution >= 4 is 38.3 Å². The van der Waals surface area contributed by atoms with Gasteiger partial charge < -0.3 is 10.2 Å². The highest BCUT2D eigenvalue weighted by Gasteiger charge is 2.33. The molecule has 1 aliphatic rings. The van der Waals surface area contributed by atoms with E-state index in [4.69, 9.17) is 0 Å². The summed E-state index contributed by atoms with van der Waals surface area (Å²) in [5.74, 6) is -0.565. The molecule has 0 saturated heterocycles. The minimum absolute atomic E-state index is 0.130. The maximum absolute atomic E-state index is 13.9. The Balaban J connectivity index is 1.64. The van der Waals surface area contributed by atoms with Crippen LogP contribution >= 0.6 is 0 Å². The second-order valence-electron chi connectivity index (χ2n) is 10.0. The fraction of sp³-hybridized carbons (Fsp3) is 0.400. The maximum atomic E-state index is 13.9. The van der Waals surface area contributed by atoms with Crippen LogP contribution in [-0.4, -0.2) is 56.6 Å². The Labute approximate surface area is 225 Å². The van der Waals surface area contributed by atoms with Gasteiger partial charge in [0, 0.05) is 18.0 Å². The van der Waals surface area contributed by atoms with Gasteiger partial charge >= 0.3 is 0 Å². The summed E-state index contributed by atoms with van der Waals surface area (Å²) in [7, 11) is -3.79. The van der Waals surface area contributed by atoms with Gasteiger partial charge in [0.1, 0.15) is 12.6 Å². The maximum Gasteiger partial charge on any atom is 0.244 e. The average Bonchev–Trinajstić information content (AvgIpc) is 3.42. The first kappa shape index (κ1) is 27.6. The molecule has 38 heavy (non-hydrogen) atoms. The van der Waals surface area contributed by atoms with Crippen LogP contribution in [0.4, 0.5) is 5.69 Å². The molecule has 1 saturated carbocycles. The zero-order valence-electron chi connectivity index (χ0n) is 22.2. The normalized spacial score (nSPS) is 14.8. The van der Waals surface area contributed by atoms with E-state index >= 15 is 0 Å². The molecule has 3 aromatic rings. The number of sulfonamides is 1. The largest absolute Gasteiger partial charge is 0.352 e. The molecule has 1 atom stereocenters. The molecular weight excluding hydrogens is 498 g/mol. The highest BCUT2D eigenvalue weighted by molar-refractivity contribution is 7.92. The number of benzene rings is 3. The van der Waals surface area contributed by atoms with Gasteiger partial charge in [-0.05, 0) is 42.7 Å². The van der Waals surface area contributed by atoms with Gasteiger partial charge in [0.15, 0.2) is 0 Å². The Morgan fingerprint density at radius 3 is 2.29 bits per heavy atom. The SMILES string of the molecule is CC[C@@H](C(=O)NC1CCCC1)N(CCc1ccccc1)C(=O)CN(c1cccc2ccccc12)S(C)(=O)=O. The van der Waals surface area contributed by atoms with Gasteiger partial charge in [0.2, 0.25) is 21.8 Å². The number of nitrogens with one attached hydrogen (secondary N) is 1. The highest BCUT2D eigenvalue weighted by atomic mass is 32.2. The van der Waals surface area contributed by atoms with Crippen molar-refractivity contribution in [2.45, 2.75) is 57.5 Å². The van der Waals surface area contributed by atoms with Crippen molar-refractivity contribution in [1.29, 1.82) is 0 Å². The number of fused-ring (bicyclic) bond motifs is 1. The molecule has 0 bridgehead atoms. The number of rotatable bonds is 11. The number of amides is 2. The smallest absolute Gasteiger partial charge is 0.244 e. The van der Waals surface area contributed by atoms with Crippen molar-refractivity contribution in [3.05, 3.63) is 78.4 Å². The fourth-order valence-electron chi connectivity index (χ4n) is 5.28. The molecule has 7 nitrogen and oxygen atoms in total. The van der Waals surface area contributed by atoms with E-state index < -0.39 is 22.0 Å². The van der Waals surface area contributed by atoms with E-state index in [0.717, 1.165) is 52.6 Å². The van der Waals surface area contributed by atoms with Crippen LogP contribution < -0.4 is 9.62 Å². The first-order valence-corrected chi connectivity index (χ1v) is 15.2. The zero-order valence-corrected chi connectivity index (χ0v) is 23.0. The molecular formula is C30H37N3O4S. The monoisotopic (exact) mass is 535 g/mol. The second kappa shape index (κ2) is 12.4. The molecule has 4 rings (SSSR count). The second-order valence-corrected chi connectivity index (χ2v) is 11.9. The standard InChI is InChI=1S/C30H37N3O4S/c1-3-27(30(35)31-25-16-8-9-17-25)32(21-20-23-12-5-4-6-13-23)29(34)22-33(38(2,36)37)28-19-11-15-24-14-7-10-18-26(24)28/h4-7,10-15,18-19,25,27H,3,8-9,16-17,20-22H2,1-2H3,(H,31,35)/t27-/m0/s1. The lowest BCUT2D eigenvalue weighted by molar-refractivity contribution is -0.139. The molecule has 2 amide bonds. The lowest BCUT2D eigenvalue weighted by Gasteiger charge is -2.33. The van der Waals surface area contributed by atoms with Gasteiger partial charge in [-0.1, -0.05) is 86.5 Å². The molecule has 0 radical (unpaired) electrons. The number of hydrogen-bond donors (Lipinski definition) is 1. The van der Waals surface area contributed by atoms with E-state index in [-0.39, 0.29) is 18.5 Å². The van der Waals surface area contributed by atoms with Crippen LogP contribution in [-0.2, 0) is 26.0 Å². The van der Waals surface area contributed by atoms with E-state index in [1.807, 2.05) is 67.6 Å². The minimum Gasteiger partial charge on any atom is -0.352 e. The number of carbonyl (C=O) groups is 2. The van der Waals surface area contributed by atoms with Gasteiger partial charge in [-0.25, -0.2) is 8.42 Å². The predicted octanol–water partition coefficient (Wildman–Crippen LogP) is 4.51. The van der Waals surface area contributed by atoms with E-state index in [0.29, 0.717) is 25.1 Å². The summed E-state index contributed by atoms with van der Waals surface area (Å²) in [4.78, 5) is 28.9. The summed E-state index contributed by atoms with van der Waals surface area (Å²) < 4.78 is 27.1. The first-order chi connectivity index (χ1) is 18.3. The Kier molecular flexibility index (Phi) is 9.05. The third-order valence-corrected chi connectivity index (χ3v) is 8.41. The van der Waals surface area contributed by atoms with Crippen LogP contribution in [0.2, 0.25) is 0 Å². The van der Waals surface area contributed by atoms with Crippen LogP contribution in [0.25, 0.3) is 10.8 Å². The quantitative estimate of drug-likeness (QED) is 0.391. The average molecular weight is 536 g/mol. The molecule has 1 N–H and O–H groups in total. The number of carbonyl (C=O) groups excluding carboxylic acids is 2. The molecule has 0 aromatic heterocycles. The molecule has 0 aliphatic heterocycles. The van der Waals surface area contributed by atoms with Crippen molar-refractivity contribution in [3.63, 3.8) is 0 Å². The Morgan fingerprint density at radius 2 is 1.61 bits per heavy atom. The van der Waals surface area contributed by atoms with Crippen LogP contribution in [0.5, 0.6) is 0 Å². The van der Waals surface area contributed by atoms with E-state index in [1.165, 1.54) is 0 Å². The summed E-state index contributed by atoms with van der Waals surface area (Å²) in [5, 5.41) is 4.77. The third-order valence-electron chi connectivity index (χ3n) is 7.29. The van der Waals surface area contributed by atoms with Crippen molar-refractivity contribution in [1.82, 2.24) is 10.2 Å². The molecule has 0 heterocycles. The van der Waals surface area contributed by atoms with E-state index in [9.17, 15) is 18.0 Å². The lowest BCUT2D eigenvalue weighted by Crippen LogP contribution is -2.54. The minimum atomic E-state index is -3.79. The van der Waals surface area contributed by atoms with Crippen LogP contribution in [0.1, 0.15) is 44.6 Å². The van der Waals surface area contributed by atoms with Gasteiger partial charge in [-0.2, -0.15) is 0 Å². The van der Waals surface area contributed by atoms with Crippen molar-refractivity contribution < 1.29 is 18.0 Å². The summed E-state index contributed by atoms with van der Waals surface area (Å²) in [6.45, 7) is 1.82. The first-order valence-electron chi connectivity index (χ1n) is 13.4. The molecule has 1 fully saturated rings. The van der Waals surface area contributed by atoms with Crippen LogP contribution in [0.15, 0.2) is 72.8 Å². The van der Waals surface area contributed by atoms with E-state index in [2.05, 4.69) is 5.32 Å². The zero-order chi connectivity index (χ0) is 27.1. The summed E-state index contributed by atoms with van der Waals surface area (Å²) in [6, 6.07) is 22.2. The number of anilines is 1. The molecule has 202 valence electrons. The van der Waals surface area contributed by atoms with Gasteiger partial charge in [-0.15, -0.1) is 0 Å². The van der Waals surface area contributed by atoms with Crippen LogP contribution in [0, 0.1) is 0 Å². The topological polar surface area (TPSA) is 86.8 Å². The molecule has 3 aromatic carbocycles. The Bertz CT molecular complexity index is 1350. The molecule has 1 aliphatic carbocycles. The van der Waals surface area contributed by atoms with Crippen LogP contribution in [0.3, 0.4) is 0 Å². The molecule has 8 heteroatoms. The Morgan fingerprint density at radius 1 is 0.947 bits per heavy atom. The van der Waals surface area contributed by atoms with Crippen molar-refractivity contribution in [3.8, 4) is 0 Å². The van der Waals surface area contributed by atoms with Gasteiger partial charge in [0.05, 0.1) is 11.9 Å². The summed E-state index contributed by atoms with van der Waals surface area (Å²) >= 11 is 0. The summed E-state index contributed by atoms with van der Waals surface area (Å²) in [5.41, 5.74) is 1.50. The van der Waals surface area contributed by atoms with Gasteiger partial charge in [0.25, 0.3) is 0 Å². The fourth-order valence-corrected chi connectivity index (χ4v) is 6.15. The van der Waals surface area contributed by atoms with Crippen molar-refractivity contribution in [2.24, 2.45) is 0 Å².